The Labute approximate surface area is 190 Å². The Kier molecular flexibility index (Phi) is 4.90. The molecule has 1 atom stereocenters. The average molecular weight is 494 g/mol. The number of aromatic nitrogens is 2. The van der Waals surface area contributed by atoms with Crippen LogP contribution in [0.15, 0.2) is 68.5 Å². The smallest absolute Gasteiger partial charge is 0.297 e. The van der Waals surface area contributed by atoms with E-state index in [0.29, 0.717) is 27.6 Å². The molecule has 1 N–H and O–H groups in total. The molecule has 32 heavy (non-hydrogen) atoms. The number of nitrogens with zero attached hydrogens (tertiary/aromatic N) is 3. The van der Waals surface area contributed by atoms with Gasteiger partial charge in [0.25, 0.3) is 5.91 Å². The fraction of sp³-hybridized carbons (Fsp3) is 0.130. The van der Waals surface area contributed by atoms with Crippen molar-refractivity contribution < 1.29 is 19.1 Å². The minimum Gasteiger partial charge on any atom is -0.504 e. The van der Waals surface area contributed by atoms with E-state index in [1.165, 1.54) is 23.4 Å². The number of carbonyl (C=O) groups is 1. The maximum atomic E-state index is 13.6. The van der Waals surface area contributed by atoms with Gasteiger partial charge in [-0.15, -0.1) is 0 Å². The molecular formula is C23H16BrN3O5. The lowest BCUT2D eigenvalue weighted by atomic mass is 9.98. The van der Waals surface area contributed by atoms with Crippen molar-refractivity contribution in [2.45, 2.75) is 13.0 Å². The van der Waals surface area contributed by atoms with Gasteiger partial charge in [-0.05, 0) is 48.9 Å². The van der Waals surface area contributed by atoms with E-state index >= 15 is 0 Å². The molecule has 2 aromatic heterocycles. The van der Waals surface area contributed by atoms with Crippen LogP contribution >= 0.6 is 15.9 Å². The van der Waals surface area contributed by atoms with Crippen molar-refractivity contribution >= 4 is 38.8 Å². The Hall–Kier alpha value is -3.72. The molecule has 2 aromatic carbocycles. The number of halogens is 1. The summed E-state index contributed by atoms with van der Waals surface area (Å²) < 4.78 is 12.1. The van der Waals surface area contributed by atoms with E-state index in [9.17, 15) is 14.7 Å². The maximum Gasteiger partial charge on any atom is 0.297 e. The number of amides is 1. The predicted molar refractivity (Wildman–Crippen MR) is 120 cm³/mol. The van der Waals surface area contributed by atoms with E-state index in [2.05, 4.69) is 25.9 Å². The first kappa shape index (κ1) is 20.2. The molecule has 1 aliphatic rings. The lowest BCUT2D eigenvalue weighted by molar-refractivity contribution is 0.0969. The summed E-state index contributed by atoms with van der Waals surface area (Å²) in [6, 6.07) is 10.5. The number of rotatable bonds is 4. The third-order valence-corrected chi connectivity index (χ3v) is 5.69. The standard InChI is InChI=1S/C23H16BrN3O5/c1-2-31-17-10-12(4-6-15(17)28)19-18-20(29)14-11-13(24)5-7-16(14)32-21(18)22(30)27(19)23-25-8-3-9-26-23/h3-11,19,28H,2H2,1H3. The zero-order chi connectivity index (χ0) is 22.4. The van der Waals surface area contributed by atoms with E-state index < -0.39 is 11.9 Å². The van der Waals surface area contributed by atoms with Gasteiger partial charge in [-0.2, -0.15) is 0 Å². The number of hydrogen-bond donors (Lipinski definition) is 1. The molecule has 4 aromatic rings. The Morgan fingerprint density at radius 1 is 1.16 bits per heavy atom. The van der Waals surface area contributed by atoms with Gasteiger partial charge in [0.2, 0.25) is 11.7 Å². The van der Waals surface area contributed by atoms with Crippen LogP contribution in [0.3, 0.4) is 0 Å². The molecule has 0 fully saturated rings. The first-order valence-corrected chi connectivity index (χ1v) is 10.6. The molecule has 160 valence electrons. The van der Waals surface area contributed by atoms with Crippen molar-refractivity contribution in [3.63, 3.8) is 0 Å². The molecule has 0 aliphatic carbocycles. The van der Waals surface area contributed by atoms with Gasteiger partial charge in [0.1, 0.15) is 5.58 Å². The minimum absolute atomic E-state index is 0.0443. The Bertz CT molecular complexity index is 1420. The number of anilines is 1. The lowest BCUT2D eigenvalue weighted by Gasteiger charge is -2.23. The van der Waals surface area contributed by atoms with Crippen molar-refractivity contribution in [3.05, 3.63) is 86.4 Å². The van der Waals surface area contributed by atoms with Crippen molar-refractivity contribution in [2.24, 2.45) is 0 Å². The molecule has 9 heteroatoms. The fourth-order valence-electron chi connectivity index (χ4n) is 3.85. The van der Waals surface area contributed by atoms with E-state index in [0.717, 1.165) is 0 Å². The number of benzene rings is 2. The number of fused-ring (bicyclic) bond motifs is 2. The molecule has 0 radical (unpaired) electrons. The summed E-state index contributed by atoms with van der Waals surface area (Å²) >= 11 is 3.38. The number of aromatic hydroxyl groups is 1. The summed E-state index contributed by atoms with van der Waals surface area (Å²) in [5.41, 5.74) is 0.708. The van der Waals surface area contributed by atoms with Crippen molar-refractivity contribution in [3.8, 4) is 11.5 Å². The van der Waals surface area contributed by atoms with Crippen LogP contribution in [0.1, 0.15) is 34.6 Å². The summed E-state index contributed by atoms with van der Waals surface area (Å²) in [5.74, 6) is -0.257. The van der Waals surface area contributed by atoms with Crippen LogP contribution < -0.4 is 15.1 Å². The number of ether oxygens (including phenoxy) is 1. The van der Waals surface area contributed by atoms with Crippen LogP contribution in [0.5, 0.6) is 11.5 Å². The maximum absolute atomic E-state index is 13.6. The number of phenols is 1. The molecule has 0 saturated carbocycles. The second-order valence-corrected chi connectivity index (χ2v) is 8.02. The Morgan fingerprint density at radius 3 is 2.69 bits per heavy atom. The summed E-state index contributed by atoms with van der Waals surface area (Å²) in [6.07, 6.45) is 3.03. The van der Waals surface area contributed by atoms with Gasteiger partial charge in [-0.1, -0.05) is 22.0 Å². The van der Waals surface area contributed by atoms with Crippen LogP contribution in [0.2, 0.25) is 0 Å². The second-order valence-electron chi connectivity index (χ2n) is 7.10. The molecule has 8 nitrogen and oxygen atoms in total. The minimum atomic E-state index is -0.862. The molecule has 0 saturated heterocycles. The van der Waals surface area contributed by atoms with E-state index in [-0.39, 0.29) is 34.2 Å². The normalized spacial score (nSPS) is 15.2. The topological polar surface area (TPSA) is 106 Å². The van der Waals surface area contributed by atoms with Crippen molar-refractivity contribution in [1.82, 2.24) is 9.97 Å². The number of carbonyl (C=O) groups excluding carboxylic acids is 1. The van der Waals surface area contributed by atoms with E-state index in [4.69, 9.17) is 9.15 Å². The zero-order valence-corrected chi connectivity index (χ0v) is 18.4. The molecule has 0 spiro atoms. The highest BCUT2D eigenvalue weighted by Gasteiger charge is 2.45. The van der Waals surface area contributed by atoms with Crippen LogP contribution in [0.25, 0.3) is 11.0 Å². The SMILES string of the molecule is CCOc1cc(C2c3c(oc4ccc(Br)cc4c3=O)C(=O)N2c2ncccn2)ccc1O. The van der Waals surface area contributed by atoms with Gasteiger partial charge in [0, 0.05) is 16.9 Å². The highest BCUT2D eigenvalue weighted by molar-refractivity contribution is 9.10. The third-order valence-electron chi connectivity index (χ3n) is 5.20. The highest BCUT2D eigenvalue weighted by Crippen LogP contribution is 2.42. The number of phenolic OH excluding ortho intramolecular Hbond substituents is 1. The third kappa shape index (κ3) is 3.13. The van der Waals surface area contributed by atoms with Gasteiger partial charge >= 0.3 is 0 Å². The average Bonchev–Trinajstić information content (AvgIpc) is 3.09. The number of hydrogen-bond acceptors (Lipinski definition) is 7. The van der Waals surface area contributed by atoms with Crippen LogP contribution in [-0.4, -0.2) is 27.6 Å². The molecule has 3 heterocycles. The molecule has 1 amide bonds. The highest BCUT2D eigenvalue weighted by atomic mass is 79.9. The molecule has 0 bridgehead atoms. The first-order valence-electron chi connectivity index (χ1n) is 9.82. The molecule has 5 rings (SSSR count). The predicted octanol–water partition coefficient (Wildman–Crippen LogP) is 4.20. The van der Waals surface area contributed by atoms with E-state index in [1.54, 1.807) is 43.3 Å². The van der Waals surface area contributed by atoms with Crippen molar-refractivity contribution in [1.29, 1.82) is 0 Å². The molecular weight excluding hydrogens is 478 g/mol. The summed E-state index contributed by atoms with van der Waals surface area (Å²) in [7, 11) is 0. The quantitative estimate of drug-likeness (QED) is 0.453. The molecule has 1 unspecified atom stereocenters. The van der Waals surface area contributed by atoms with Gasteiger partial charge in [-0.3, -0.25) is 14.5 Å². The monoisotopic (exact) mass is 493 g/mol. The lowest BCUT2D eigenvalue weighted by Crippen LogP contribution is -2.31. The van der Waals surface area contributed by atoms with Crippen LogP contribution in [0.4, 0.5) is 5.95 Å². The largest absolute Gasteiger partial charge is 0.504 e. The Morgan fingerprint density at radius 2 is 1.94 bits per heavy atom. The van der Waals surface area contributed by atoms with Gasteiger partial charge in [0.05, 0.1) is 23.6 Å². The fourth-order valence-corrected chi connectivity index (χ4v) is 4.22. The van der Waals surface area contributed by atoms with E-state index in [1.807, 2.05) is 0 Å². The van der Waals surface area contributed by atoms with Crippen molar-refractivity contribution in [2.75, 3.05) is 11.5 Å². The molecule has 1 aliphatic heterocycles. The summed E-state index contributed by atoms with van der Waals surface area (Å²) in [6.45, 7) is 2.13. The van der Waals surface area contributed by atoms with Gasteiger partial charge < -0.3 is 14.3 Å². The summed E-state index contributed by atoms with van der Waals surface area (Å²) in [4.78, 5) is 36.8. The second kappa shape index (κ2) is 7.76. The summed E-state index contributed by atoms with van der Waals surface area (Å²) in [5, 5.41) is 10.5. The van der Waals surface area contributed by atoms with Gasteiger partial charge in [0.15, 0.2) is 16.9 Å². The first-order chi connectivity index (χ1) is 15.5. The van der Waals surface area contributed by atoms with Gasteiger partial charge in [-0.25, -0.2) is 9.97 Å². The van der Waals surface area contributed by atoms with Crippen LogP contribution in [0, 0.1) is 0 Å². The van der Waals surface area contributed by atoms with Crippen LogP contribution in [-0.2, 0) is 0 Å². The Balaban J connectivity index is 1.81. The zero-order valence-electron chi connectivity index (χ0n) is 16.8.